The smallest absolute Gasteiger partial charge is 1.00 e. The Morgan fingerprint density at radius 3 is 1.60 bits per heavy atom. The molecule has 0 saturated carbocycles. The molecule has 1 nitrogen and oxygen atoms in total. The first-order chi connectivity index (χ1) is 1.41. The minimum atomic E-state index is 0. The van der Waals surface area contributed by atoms with Crippen molar-refractivity contribution in [2.45, 2.75) is 6.92 Å². The number of hydrogen-bond donors (Lipinski definition) is 0. The van der Waals surface area contributed by atoms with Gasteiger partial charge in [-0.15, -0.1) is 0 Å². The molecule has 0 aromatic heterocycles. The van der Waals surface area contributed by atoms with Gasteiger partial charge in [-0.3, -0.25) is 0 Å². The van der Waals surface area contributed by atoms with Crippen LogP contribution >= 0.6 is 0 Å². The second-order valence-electron chi connectivity index (χ2n) is 0.236. The van der Waals surface area contributed by atoms with Gasteiger partial charge in [-0.25, -0.2) is 0 Å². The van der Waals surface area contributed by atoms with Crippen molar-refractivity contribution in [1.82, 2.24) is 0 Å². The normalized spacial score (nSPS) is 2.60. The Bertz CT molecular complexity index is 21.2. The molecule has 0 radical (unpaired) electrons. The molecule has 0 rings (SSSR count). The van der Waals surface area contributed by atoms with E-state index < -0.39 is 0 Å². The summed E-state index contributed by atoms with van der Waals surface area (Å²) in [4.78, 5) is 8.81. The van der Waals surface area contributed by atoms with Gasteiger partial charge in [0.15, 0.2) is 0 Å². The van der Waals surface area contributed by atoms with E-state index in [0.717, 1.165) is 6.29 Å². The predicted molar refractivity (Wildman–Crippen MR) is 14.0 cm³/mol. The monoisotopic (exact) mass is 60.1 g/mol. The van der Waals surface area contributed by atoms with E-state index in [-0.39, 0.29) is 40.6 Å². The molecule has 0 bridgehead atoms. The molecule has 0 aliphatic carbocycles. The first kappa shape index (κ1) is 16.9. The molecule has 22 valence electrons. The number of carbonyl (C=O) groups is 1. The largest absolute Gasteiger partial charge is 1.00 e. The van der Waals surface area contributed by atoms with E-state index in [2.05, 4.69) is 0 Å². The van der Waals surface area contributed by atoms with E-state index in [9.17, 15) is 0 Å². The second kappa shape index (κ2) is 20.9. The maximum Gasteiger partial charge on any atom is 1.00 e. The molecule has 0 N–H and O–H groups in total. The van der Waals surface area contributed by atoms with Gasteiger partial charge in [0.05, 0.1) is 0 Å². The molecule has 0 aromatic carbocycles. The van der Waals surface area contributed by atoms with E-state index >= 15 is 0 Å². The summed E-state index contributed by atoms with van der Waals surface area (Å²) in [5.74, 6) is 0. The van der Waals surface area contributed by atoms with Gasteiger partial charge in [-0.05, 0) is 6.92 Å². The molecule has 0 aromatic rings. The molecule has 0 amide bonds. The van der Waals surface area contributed by atoms with Crippen LogP contribution in [0.1, 0.15) is 9.78 Å². The Morgan fingerprint density at radius 1 is 1.60 bits per heavy atom. The molecule has 0 atom stereocenters. The van der Waals surface area contributed by atoms with Gasteiger partial charge in [0.1, 0.15) is 6.29 Å². The van der Waals surface area contributed by atoms with E-state index in [4.69, 9.17) is 4.79 Å². The molecule has 0 saturated heterocycles. The number of rotatable bonds is 0. The fourth-order valence-electron chi connectivity index (χ4n) is 0. The van der Waals surface area contributed by atoms with Crippen molar-refractivity contribution in [2.75, 3.05) is 0 Å². The molecule has 0 spiro atoms. The molecule has 0 aliphatic heterocycles. The zero-order valence-corrected chi connectivity index (χ0v) is 3.99. The Hall–Kier alpha value is 0.865. The van der Waals surface area contributed by atoms with Gasteiger partial charge in [-0.2, -0.15) is 0 Å². The van der Waals surface area contributed by atoms with Crippen molar-refractivity contribution >= 4 is 6.29 Å². The van der Waals surface area contributed by atoms with Crippen LogP contribution in [0.5, 0.6) is 0 Å². The van der Waals surface area contributed by atoms with Crippen molar-refractivity contribution in [3.05, 3.63) is 0 Å². The van der Waals surface area contributed by atoms with Crippen LogP contribution in [0.4, 0.5) is 0 Å². The Labute approximate surface area is 58.8 Å². The first-order valence-electron chi connectivity index (χ1n) is 0.813. The van der Waals surface area contributed by atoms with Crippen LogP contribution in [0, 0.1) is 0 Å². The van der Waals surface area contributed by atoms with Gasteiger partial charge in [0, 0.05) is 0 Å². The van der Waals surface area contributed by atoms with Crippen LogP contribution in [-0.2, 0) is 4.79 Å². The van der Waals surface area contributed by atoms with Gasteiger partial charge in [0.25, 0.3) is 0 Å². The minimum absolute atomic E-state index is 0. The molecule has 0 unspecified atom stereocenters. The third kappa shape index (κ3) is 53.4. The van der Waals surface area contributed by atoms with Gasteiger partial charge < -0.3 is 7.65 Å². The van der Waals surface area contributed by atoms with E-state index in [1.807, 2.05) is 0 Å². The van der Waals surface area contributed by atoms with Crippen molar-refractivity contribution in [2.24, 2.45) is 0 Å². The standard InChI is InChI=1S/C2H4O.2Li.2H/c1-2-3;;;;/h2H,1H3;;;;/q;2*+1;2*-1. The zero-order chi connectivity index (χ0) is 2.71. The fourth-order valence-corrected chi connectivity index (χ4v) is 0. The maximum absolute atomic E-state index is 8.81. The summed E-state index contributed by atoms with van der Waals surface area (Å²) in [5, 5.41) is 0. The quantitative estimate of drug-likeness (QED) is 0.201. The zero-order valence-electron chi connectivity index (χ0n) is 5.99. The Kier molecular flexibility index (Phi) is 70.7. The minimum Gasteiger partial charge on any atom is -1.00 e. The third-order valence-corrected chi connectivity index (χ3v) is 0. The van der Waals surface area contributed by atoms with Crippen molar-refractivity contribution < 1.29 is 45.4 Å². The topological polar surface area (TPSA) is 17.1 Å². The molecule has 0 aliphatic rings. The van der Waals surface area contributed by atoms with Crippen LogP contribution in [0.3, 0.4) is 0 Å². The molecular formula is C2H6Li2O. The number of hydrogen-bond acceptors (Lipinski definition) is 1. The second-order valence-corrected chi connectivity index (χ2v) is 0.236. The van der Waals surface area contributed by atoms with E-state index in [1.54, 1.807) is 0 Å². The number of carbonyl (C=O) groups excluding carboxylic acids is 1. The van der Waals surface area contributed by atoms with Crippen LogP contribution in [0.15, 0.2) is 0 Å². The number of aldehydes is 1. The average molecular weight is 60.0 g/mol. The van der Waals surface area contributed by atoms with Crippen LogP contribution in [0.25, 0.3) is 0 Å². The summed E-state index contributed by atoms with van der Waals surface area (Å²) in [7, 11) is 0. The summed E-state index contributed by atoms with van der Waals surface area (Å²) >= 11 is 0. The molecule has 0 fully saturated rings. The van der Waals surface area contributed by atoms with Gasteiger partial charge in [-0.1, -0.05) is 0 Å². The summed E-state index contributed by atoms with van der Waals surface area (Å²) in [6, 6.07) is 0. The summed E-state index contributed by atoms with van der Waals surface area (Å²) in [5.41, 5.74) is 0. The predicted octanol–water partition coefficient (Wildman–Crippen LogP) is -5.56. The first-order valence-corrected chi connectivity index (χ1v) is 0.813. The van der Waals surface area contributed by atoms with E-state index in [1.165, 1.54) is 6.92 Å². The third-order valence-electron chi connectivity index (χ3n) is 0. The van der Waals surface area contributed by atoms with Crippen molar-refractivity contribution in [1.29, 1.82) is 0 Å². The van der Waals surface area contributed by atoms with Gasteiger partial charge >= 0.3 is 37.7 Å². The molecule has 5 heavy (non-hydrogen) atoms. The van der Waals surface area contributed by atoms with E-state index in [0.29, 0.717) is 0 Å². The van der Waals surface area contributed by atoms with Crippen molar-refractivity contribution in [3.8, 4) is 0 Å². The van der Waals surface area contributed by atoms with Crippen LogP contribution < -0.4 is 37.7 Å². The Balaban J connectivity index is -0.00000000333. The molecular weight excluding hydrogens is 53.9 g/mol. The maximum atomic E-state index is 8.81. The van der Waals surface area contributed by atoms with Crippen molar-refractivity contribution in [3.63, 3.8) is 0 Å². The van der Waals surface area contributed by atoms with Gasteiger partial charge in [0.2, 0.25) is 0 Å². The molecule has 3 heteroatoms. The van der Waals surface area contributed by atoms with Crippen LogP contribution in [0.2, 0.25) is 0 Å². The summed E-state index contributed by atoms with van der Waals surface area (Å²) in [6.07, 6.45) is 0.750. The van der Waals surface area contributed by atoms with Crippen LogP contribution in [-0.4, -0.2) is 6.29 Å². The molecule has 0 heterocycles. The average Bonchev–Trinajstić information content (AvgIpc) is 0.918. The summed E-state index contributed by atoms with van der Waals surface area (Å²) < 4.78 is 0. The fraction of sp³-hybridized carbons (Fsp3) is 0.500. The Morgan fingerprint density at radius 2 is 1.60 bits per heavy atom. The summed E-state index contributed by atoms with van der Waals surface area (Å²) in [6.45, 7) is 1.44. The SMILES string of the molecule is CC=O.[H-].[H-].[Li+].[Li+].